The maximum atomic E-state index is 12.7. The minimum atomic E-state index is -0.486. The zero-order chi connectivity index (χ0) is 19.0. The SMILES string of the molecule is O=C(c1cccc([N+](=O)[O-])c1)N1CC=C(c2c[nH]c3ccc(Br)cc23)CC1. The number of nitro benzene ring substituents is 1. The van der Waals surface area contributed by atoms with Crippen LogP contribution in [0.4, 0.5) is 5.69 Å². The molecule has 0 radical (unpaired) electrons. The molecule has 0 saturated carbocycles. The molecule has 1 amide bonds. The summed E-state index contributed by atoms with van der Waals surface area (Å²) in [5.41, 5.74) is 3.69. The second-order valence-corrected chi connectivity index (χ2v) is 7.35. The van der Waals surface area contributed by atoms with Crippen molar-refractivity contribution < 1.29 is 9.72 Å². The van der Waals surface area contributed by atoms with Gasteiger partial charge in [-0.25, -0.2) is 0 Å². The Bertz CT molecular complexity index is 1090. The second kappa shape index (κ2) is 7.00. The average molecular weight is 426 g/mol. The molecular formula is C20H16BrN3O3. The van der Waals surface area contributed by atoms with Gasteiger partial charge >= 0.3 is 0 Å². The van der Waals surface area contributed by atoms with Crippen LogP contribution in [0.3, 0.4) is 0 Å². The summed E-state index contributed by atoms with van der Waals surface area (Å²) in [7, 11) is 0. The van der Waals surface area contributed by atoms with Gasteiger partial charge < -0.3 is 9.88 Å². The van der Waals surface area contributed by atoms with Gasteiger partial charge in [0.1, 0.15) is 0 Å². The number of halogens is 1. The number of aromatic nitrogens is 1. The fourth-order valence-corrected chi connectivity index (χ4v) is 3.75. The molecule has 1 aromatic heterocycles. The van der Waals surface area contributed by atoms with Gasteiger partial charge in [0.25, 0.3) is 11.6 Å². The number of fused-ring (bicyclic) bond motifs is 1. The molecule has 6 nitrogen and oxygen atoms in total. The van der Waals surface area contributed by atoms with Gasteiger partial charge in [-0.15, -0.1) is 0 Å². The Balaban J connectivity index is 1.56. The Labute approximate surface area is 163 Å². The number of carbonyl (C=O) groups excluding carboxylic acids is 1. The van der Waals surface area contributed by atoms with E-state index in [1.807, 2.05) is 18.3 Å². The van der Waals surface area contributed by atoms with Crippen molar-refractivity contribution in [2.24, 2.45) is 0 Å². The molecule has 0 unspecified atom stereocenters. The number of nitrogens with zero attached hydrogens (tertiary/aromatic N) is 2. The van der Waals surface area contributed by atoms with Crippen LogP contribution in [0, 0.1) is 10.1 Å². The zero-order valence-corrected chi connectivity index (χ0v) is 15.9. The Morgan fingerprint density at radius 3 is 2.81 bits per heavy atom. The van der Waals surface area contributed by atoms with Gasteiger partial charge in [-0.2, -0.15) is 0 Å². The van der Waals surface area contributed by atoms with Crippen molar-refractivity contribution in [2.45, 2.75) is 6.42 Å². The molecule has 1 aliphatic heterocycles. The Morgan fingerprint density at radius 2 is 2.07 bits per heavy atom. The van der Waals surface area contributed by atoms with E-state index in [9.17, 15) is 14.9 Å². The molecule has 7 heteroatoms. The van der Waals surface area contributed by atoms with Gasteiger partial charge in [0, 0.05) is 57.9 Å². The molecule has 0 spiro atoms. The molecule has 2 aromatic carbocycles. The van der Waals surface area contributed by atoms with Crippen LogP contribution in [-0.2, 0) is 0 Å². The fraction of sp³-hybridized carbons (Fsp3) is 0.150. The maximum Gasteiger partial charge on any atom is 0.270 e. The first kappa shape index (κ1) is 17.5. The number of hydrogen-bond acceptors (Lipinski definition) is 3. The highest BCUT2D eigenvalue weighted by atomic mass is 79.9. The lowest BCUT2D eigenvalue weighted by molar-refractivity contribution is -0.384. The summed E-state index contributed by atoms with van der Waals surface area (Å²) in [6.07, 6.45) is 4.80. The number of carbonyl (C=O) groups is 1. The van der Waals surface area contributed by atoms with Crippen molar-refractivity contribution >= 4 is 44.0 Å². The summed E-state index contributed by atoms with van der Waals surface area (Å²) in [4.78, 5) is 28.1. The van der Waals surface area contributed by atoms with Crippen LogP contribution in [0.5, 0.6) is 0 Å². The van der Waals surface area contributed by atoms with E-state index in [2.05, 4.69) is 33.1 Å². The molecule has 2 heterocycles. The van der Waals surface area contributed by atoms with Gasteiger partial charge in [-0.05, 0) is 36.3 Å². The summed E-state index contributed by atoms with van der Waals surface area (Å²) < 4.78 is 1.02. The minimum absolute atomic E-state index is 0.0709. The highest BCUT2D eigenvalue weighted by molar-refractivity contribution is 9.10. The molecule has 136 valence electrons. The van der Waals surface area contributed by atoms with Crippen LogP contribution in [0.1, 0.15) is 22.3 Å². The Kier molecular flexibility index (Phi) is 4.53. The van der Waals surface area contributed by atoms with E-state index in [1.54, 1.807) is 17.0 Å². The van der Waals surface area contributed by atoms with Gasteiger partial charge in [-0.3, -0.25) is 14.9 Å². The van der Waals surface area contributed by atoms with Gasteiger partial charge in [0.05, 0.1) is 4.92 Å². The van der Waals surface area contributed by atoms with Gasteiger partial charge in [-0.1, -0.05) is 28.1 Å². The van der Waals surface area contributed by atoms with Crippen LogP contribution in [0.2, 0.25) is 0 Å². The van der Waals surface area contributed by atoms with Crippen molar-refractivity contribution in [2.75, 3.05) is 13.1 Å². The molecule has 0 saturated heterocycles. The van der Waals surface area contributed by atoms with E-state index < -0.39 is 4.92 Å². The van der Waals surface area contributed by atoms with Crippen LogP contribution in [0.25, 0.3) is 16.5 Å². The lowest BCUT2D eigenvalue weighted by atomic mass is 9.98. The van der Waals surface area contributed by atoms with Gasteiger partial charge in [0.15, 0.2) is 0 Å². The van der Waals surface area contributed by atoms with Crippen LogP contribution >= 0.6 is 15.9 Å². The molecule has 3 aromatic rings. The third kappa shape index (κ3) is 3.38. The topological polar surface area (TPSA) is 79.2 Å². The van der Waals surface area contributed by atoms with Crippen molar-refractivity contribution in [3.05, 3.63) is 80.5 Å². The number of nitro groups is 1. The third-order valence-corrected chi connectivity index (χ3v) is 5.28. The number of hydrogen-bond donors (Lipinski definition) is 1. The number of H-pyrrole nitrogens is 1. The van der Waals surface area contributed by atoms with E-state index in [1.165, 1.54) is 17.7 Å². The van der Waals surface area contributed by atoms with Crippen LogP contribution < -0.4 is 0 Å². The van der Waals surface area contributed by atoms with Crippen molar-refractivity contribution in [3.8, 4) is 0 Å². The normalized spacial score (nSPS) is 14.3. The molecular weight excluding hydrogens is 410 g/mol. The third-order valence-electron chi connectivity index (χ3n) is 4.79. The largest absolute Gasteiger partial charge is 0.361 e. The summed E-state index contributed by atoms with van der Waals surface area (Å²) in [6, 6.07) is 12.0. The number of rotatable bonds is 3. The first-order chi connectivity index (χ1) is 13.0. The number of nitrogens with one attached hydrogen (secondary N) is 1. The molecule has 27 heavy (non-hydrogen) atoms. The first-order valence-corrected chi connectivity index (χ1v) is 9.32. The molecule has 0 bridgehead atoms. The number of non-ortho nitro benzene ring substituents is 1. The van der Waals surface area contributed by atoms with E-state index in [4.69, 9.17) is 0 Å². The van der Waals surface area contributed by atoms with E-state index >= 15 is 0 Å². The lowest BCUT2D eigenvalue weighted by Gasteiger charge is -2.26. The molecule has 0 atom stereocenters. The number of aromatic amines is 1. The molecule has 1 N–H and O–H groups in total. The van der Waals surface area contributed by atoms with Crippen molar-refractivity contribution in [1.29, 1.82) is 0 Å². The standard InChI is InChI=1S/C20H16BrN3O3/c21-15-4-5-19-17(11-15)18(12-22-19)13-6-8-23(9-7-13)20(25)14-2-1-3-16(10-14)24(26)27/h1-6,10-12,22H,7-9H2. The molecule has 4 rings (SSSR count). The lowest BCUT2D eigenvalue weighted by Crippen LogP contribution is -2.34. The number of amides is 1. The Morgan fingerprint density at radius 1 is 1.22 bits per heavy atom. The molecule has 0 fully saturated rings. The molecule has 0 aliphatic carbocycles. The minimum Gasteiger partial charge on any atom is -0.361 e. The Hall–Kier alpha value is -2.93. The summed E-state index contributed by atoms with van der Waals surface area (Å²) in [5, 5.41) is 12.1. The first-order valence-electron chi connectivity index (χ1n) is 8.53. The van der Waals surface area contributed by atoms with E-state index in [0.29, 0.717) is 18.7 Å². The highest BCUT2D eigenvalue weighted by Gasteiger charge is 2.22. The average Bonchev–Trinajstić information content (AvgIpc) is 3.10. The number of benzene rings is 2. The van der Waals surface area contributed by atoms with Crippen LogP contribution in [0.15, 0.2) is 59.2 Å². The molecule has 1 aliphatic rings. The predicted octanol–water partition coefficient (Wildman–Crippen LogP) is 4.77. The smallest absolute Gasteiger partial charge is 0.270 e. The maximum absolute atomic E-state index is 12.7. The van der Waals surface area contributed by atoms with Crippen molar-refractivity contribution in [1.82, 2.24) is 9.88 Å². The predicted molar refractivity (Wildman–Crippen MR) is 108 cm³/mol. The monoisotopic (exact) mass is 425 g/mol. The fourth-order valence-electron chi connectivity index (χ4n) is 3.39. The summed E-state index contributed by atoms with van der Waals surface area (Å²) in [6.45, 7) is 1.06. The van der Waals surface area contributed by atoms with E-state index in [-0.39, 0.29) is 11.6 Å². The zero-order valence-electron chi connectivity index (χ0n) is 14.3. The van der Waals surface area contributed by atoms with Crippen molar-refractivity contribution in [3.63, 3.8) is 0 Å². The highest BCUT2D eigenvalue weighted by Crippen LogP contribution is 2.31. The quantitative estimate of drug-likeness (QED) is 0.484. The summed E-state index contributed by atoms with van der Waals surface area (Å²) in [5.74, 6) is -0.185. The summed E-state index contributed by atoms with van der Waals surface area (Å²) >= 11 is 3.51. The van der Waals surface area contributed by atoms with Crippen LogP contribution in [-0.4, -0.2) is 33.8 Å². The van der Waals surface area contributed by atoms with Gasteiger partial charge in [0.2, 0.25) is 0 Å². The second-order valence-electron chi connectivity index (χ2n) is 6.43. The van der Waals surface area contributed by atoms with E-state index in [0.717, 1.165) is 27.4 Å².